The van der Waals surface area contributed by atoms with Crippen molar-refractivity contribution in [1.82, 2.24) is 0 Å². The van der Waals surface area contributed by atoms with Crippen molar-refractivity contribution in [3.05, 3.63) is 58.4 Å². The van der Waals surface area contributed by atoms with E-state index in [1.807, 2.05) is 0 Å². The molecule has 5 heteroatoms. The van der Waals surface area contributed by atoms with Crippen LogP contribution in [0.5, 0.6) is 11.5 Å². The zero-order chi connectivity index (χ0) is 14.0. The number of hydrogen-bond donors (Lipinski definition) is 1. The fraction of sp³-hybridized carbons (Fsp3) is 0.0714. The molecule has 0 amide bonds. The minimum Gasteiger partial charge on any atom is -0.478 e. The van der Waals surface area contributed by atoms with Crippen LogP contribution in [0.1, 0.15) is 15.9 Å². The molecule has 0 radical (unpaired) electrons. The Kier molecular flexibility index (Phi) is 3.71. The topological polar surface area (TPSA) is 46.5 Å². The summed E-state index contributed by atoms with van der Waals surface area (Å²) >= 11 is 6.06. The van der Waals surface area contributed by atoms with Crippen molar-refractivity contribution < 1.29 is 19.0 Å². The minimum absolute atomic E-state index is 0.122. The molecule has 0 bridgehead atoms. The predicted octanol–water partition coefficient (Wildman–Crippen LogP) is 4.28. The van der Waals surface area contributed by atoms with E-state index in [1.165, 1.54) is 36.4 Å². The van der Waals surface area contributed by atoms with Crippen LogP contribution in [0, 0.1) is 12.7 Å². The largest absolute Gasteiger partial charge is 0.478 e. The summed E-state index contributed by atoms with van der Waals surface area (Å²) < 4.78 is 18.3. The third-order valence-electron chi connectivity index (χ3n) is 2.62. The molecule has 0 fully saturated rings. The number of aromatic carboxylic acids is 1. The maximum atomic E-state index is 12.8. The van der Waals surface area contributed by atoms with Crippen molar-refractivity contribution in [1.29, 1.82) is 0 Å². The van der Waals surface area contributed by atoms with E-state index in [9.17, 15) is 9.18 Å². The summed E-state index contributed by atoms with van der Waals surface area (Å²) in [6, 6.07) is 8.35. The van der Waals surface area contributed by atoms with E-state index >= 15 is 0 Å². The minimum atomic E-state index is -1.05. The monoisotopic (exact) mass is 280 g/mol. The van der Waals surface area contributed by atoms with Crippen molar-refractivity contribution in [2.45, 2.75) is 6.92 Å². The zero-order valence-electron chi connectivity index (χ0n) is 9.98. The third-order valence-corrected chi connectivity index (χ3v) is 3.09. The molecule has 3 nitrogen and oxygen atoms in total. The molecule has 2 rings (SSSR count). The molecule has 0 unspecified atom stereocenters. The summed E-state index contributed by atoms with van der Waals surface area (Å²) in [6.07, 6.45) is 0. The summed E-state index contributed by atoms with van der Waals surface area (Å²) in [5.41, 5.74) is 0.547. The van der Waals surface area contributed by atoms with Gasteiger partial charge < -0.3 is 9.84 Å². The number of benzene rings is 2. The normalized spacial score (nSPS) is 10.3. The molecule has 0 aliphatic heterocycles. The summed E-state index contributed by atoms with van der Waals surface area (Å²) in [5.74, 6) is -0.662. The smallest absolute Gasteiger partial charge is 0.336 e. The highest BCUT2D eigenvalue weighted by molar-refractivity contribution is 6.33. The van der Waals surface area contributed by atoms with E-state index in [0.29, 0.717) is 17.1 Å². The first-order chi connectivity index (χ1) is 8.99. The molecule has 2 aromatic rings. The van der Waals surface area contributed by atoms with Gasteiger partial charge in [-0.2, -0.15) is 0 Å². The van der Waals surface area contributed by atoms with Crippen molar-refractivity contribution in [2.75, 3.05) is 0 Å². The number of carbonyl (C=O) groups is 1. The molecule has 0 atom stereocenters. The Morgan fingerprint density at radius 1 is 1.21 bits per heavy atom. The first-order valence-electron chi connectivity index (χ1n) is 5.45. The Hall–Kier alpha value is -2.07. The van der Waals surface area contributed by atoms with Crippen LogP contribution in [0.2, 0.25) is 5.02 Å². The third kappa shape index (κ3) is 2.85. The van der Waals surface area contributed by atoms with Gasteiger partial charge in [0.15, 0.2) is 0 Å². The molecule has 0 spiro atoms. The second kappa shape index (κ2) is 5.28. The van der Waals surface area contributed by atoms with Gasteiger partial charge in [0.05, 0.1) is 10.6 Å². The maximum Gasteiger partial charge on any atom is 0.336 e. The molecule has 0 heterocycles. The van der Waals surface area contributed by atoms with E-state index in [1.54, 1.807) is 6.92 Å². The van der Waals surface area contributed by atoms with Gasteiger partial charge in [-0.1, -0.05) is 11.6 Å². The lowest BCUT2D eigenvalue weighted by atomic mass is 10.1. The Labute approximate surface area is 114 Å². The highest BCUT2D eigenvalue weighted by Crippen LogP contribution is 2.33. The molecule has 98 valence electrons. The van der Waals surface area contributed by atoms with Gasteiger partial charge in [-0.15, -0.1) is 0 Å². The molecule has 0 aromatic heterocycles. The molecule has 2 aromatic carbocycles. The van der Waals surface area contributed by atoms with Crippen molar-refractivity contribution in [3.8, 4) is 11.5 Å². The van der Waals surface area contributed by atoms with Crippen LogP contribution in [-0.2, 0) is 0 Å². The first kappa shape index (κ1) is 13.4. The van der Waals surface area contributed by atoms with Crippen LogP contribution < -0.4 is 4.74 Å². The molecular formula is C14H10ClFO3. The molecular weight excluding hydrogens is 271 g/mol. The SMILES string of the molecule is Cc1c(C(=O)O)ccc(Oc2ccc(F)cc2)c1Cl. The highest BCUT2D eigenvalue weighted by Gasteiger charge is 2.14. The van der Waals surface area contributed by atoms with Gasteiger partial charge >= 0.3 is 5.97 Å². The molecule has 19 heavy (non-hydrogen) atoms. The Morgan fingerprint density at radius 2 is 1.84 bits per heavy atom. The number of halogens is 2. The van der Waals surface area contributed by atoms with Crippen LogP contribution in [0.3, 0.4) is 0 Å². The van der Waals surface area contributed by atoms with Gasteiger partial charge in [0, 0.05) is 0 Å². The number of carboxylic acid groups (broad SMARTS) is 1. The number of hydrogen-bond acceptors (Lipinski definition) is 2. The second-order valence-electron chi connectivity index (χ2n) is 3.91. The lowest BCUT2D eigenvalue weighted by molar-refractivity contribution is 0.0696. The van der Waals surface area contributed by atoms with Gasteiger partial charge in [-0.3, -0.25) is 0 Å². The van der Waals surface area contributed by atoms with Gasteiger partial charge in [-0.25, -0.2) is 9.18 Å². The summed E-state index contributed by atoms with van der Waals surface area (Å²) in [7, 11) is 0. The van der Waals surface area contributed by atoms with Gasteiger partial charge in [-0.05, 0) is 48.9 Å². The highest BCUT2D eigenvalue weighted by atomic mass is 35.5. The second-order valence-corrected chi connectivity index (χ2v) is 4.29. The lowest BCUT2D eigenvalue weighted by Crippen LogP contribution is -2.00. The van der Waals surface area contributed by atoms with Crippen LogP contribution >= 0.6 is 11.6 Å². The number of rotatable bonds is 3. The van der Waals surface area contributed by atoms with Gasteiger partial charge in [0.1, 0.15) is 17.3 Å². The van der Waals surface area contributed by atoms with Crippen LogP contribution in [0.25, 0.3) is 0 Å². The number of carboxylic acids is 1. The maximum absolute atomic E-state index is 12.8. The summed E-state index contributed by atoms with van der Waals surface area (Å²) in [5, 5.41) is 9.19. The van der Waals surface area contributed by atoms with E-state index in [0.717, 1.165) is 0 Å². The van der Waals surface area contributed by atoms with Crippen molar-refractivity contribution in [3.63, 3.8) is 0 Å². The quantitative estimate of drug-likeness (QED) is 0.913. The Balaban J connectivity index is 2.34. The summed E-state index contributed by atoms with van der Waals surface area (Å²) in [6.45, 7) is 1.60. The molecule has 0 aliphatic rings. The predicted molar refractivity (Wildman–Crippen MR) is 69.6 cm³/mol. The fourth-order valence-electron chi connectivity index (χ4n) is 1.60. The van der Waals surface area contributed by atoms with Crippen molar-refractivity contribution >= 4 is 17.6 Å². The van der Waals surface area contributed by atoms with E-state index in [2.05, 4.69) is 0 Å². The average Bonchev–Trinajstić information content (AvgIpc) is 2.37. The zero-order valence-corrected chi connectivity index (χ0v) is 10.7. The van der Waals surface area contributed by atoms with E-state index in [-0.39, 0.29) is 16.4 Å². The van der Waals surface area contributed by atoms with Crippen molar-refractivity contribution in [2.24, 2.45) is 0 Å². The fourth-order valence-corrected chi connectivity index (χ4v) is 1.80. The molecule has 0 aliphatic carbocycles. The van der Waals surface area contributed by atoms with E-state index in [4.69, 9.17) is 21.4 Å². The standard InChI is InChI=1S/C14H10ClFO3/c1-8-11(14(17)18)6-7-12(13(8)15)19-10-4-2-9(16)3-5-10/h2-7H,1H3,(H,17,18). The Bertz CT molecular complexity index is 623. The first-order valence-corrected chi connectivity index (χ1v) is 5.82. The summed E-state index contributed by atoms with van der Waals surface area (Å²) in [4.78, 5) is 10.9. The number of ether oxygens (including phenoxy) is 1. The van der Waals surface area contributed by atoms with E-state index < -0.39 is 5.97 Å². The van der Waals surface area contributed by atoms with Gasteiger partial charge in [0.25, 0.3) is 0 Å². The van der Waals surface area contributed by atoms with Crippen LogP contribution in [0.4, 0.5) is 4.39 Å². The Morgan fingerprint density at radius 3 is 2.42 bits per heavy atom. The lowest BCUT2D eigenvalue weighted by Gasteiger charge is -2.11. The van der Waals surface area contributed by atoms with Crippen LogP contribution in [0.15, 0.2) is 36.4 Å². The molecule has 0 saturated carbocycles. The van der Waals surface area contributed by atoms with Gasteiger partial charge in [0.2, 0.25) is 0 Å². The average molecular weight is 281 g/mol. The molecule has 1 N–H and O–H groups in total. The molecule has 0 saturated heterocycles. The van der Waals surface area contributed by atoms with Crippen LogP contribution in [-0.4, -0.2) is 11.1 Å².